The van der Waals surface area contributed by atoms with E-state index >= 15 is 0 Å². The molecule has 1 aromatic rings. The van der Waals surface area contributed by atoms with Gasteiger partial charge in [0.05, 0.1) is 11.6 Å². The molecule has 0 unspecified atom stereocenters. The molecule has 1 saturated carbocycles. The largest absolute Gasteiger partial charge is 0.496 e. The number of halogens is 1. The van der Waals surface area contributed by atoms with Gasteiger partial charge in [0, 0.05) is 12.2 Å². The van der Waals surface area contributed by atoms with E-state index < -0.39 is 0 Å². The minimum absolute atomic E-state index is 0.354. The van der Waals surface area contributed by atoms with Crippen LogP contribution in [0, 0.1) is 5.41 Å². The zero-order chi connectivity index (χ0) is 11.6. The Kier molecular flexibility index (Phi) is 3.40. The first kappa shape index (κ1) is 11.7. The fourth-order valence-corrected chi connectivity index (χ4v) is 2.24. The molecule has 0 aliphatic heterocycles. The Morgan fingerprint density at radius 1 is 1.50 bits per heavy atom. The van der Waals surface area contributed by atoms with Gasteiger partial charge in [-0.05, 0) is 58.9 Å². The van der Waals surface area contributed by atoms with Crippen molar-refractivity contribution < 1.29 is 4.74 Å². The van der Waals surface area contributed by atoms with Crippen LogP contribution in [0.3, 0.4) is 0 Å². The maximum atomic E-state index is 5.74. The number of benzene rings is 1. The van der Waals surface area contributed by atoms with E-state index in [-0.39, 0.29) is 0 Å². The molecule has 0 amide bonds. The summed E-state index contributed by atoms with van der Waals surface area (Å²) in [6.45, 7) is 1.74. The van der Waals surface area contributed by atoms with E-state index in [4.69, 9.17) is 10.5 Å². The SMILES string of the molecule is COc1ccc(NCC2(CN)CC2)cc1Br. The zero-order valence-corrected chi connectivity index (χ0v) is 11.0. The minimum Gasteiger partial charge on any atom is -0.496 e. The summed E-state index contributed by atoms with van der Waals surface area (Å²) < 4.78 is 6.15. The van der Waals surface area contributed by atoms with Crippen molar-refractivity contribution in [2.75, 3.05) is 25.5 Å². The number of ether oxygens (including phenoxy) is 1. The molecule has 0 saturated heterocycles. The molecule has 0 radical (unpaired) electrons. The molecule has 2 rings (SSSR count). The van der Waals surface area contributed by atoms with Gasteiger partial charge in [0.1, 0.15) is 5.75 Å². The van der Waals surface area contributed by atoms with E-state index in [0.717, 1.165) is 29.0 Å². The Hall–Kier alpha value is -0.740. The van der Waals surface area contributed by atoms with Crippen molar-refractivity contribution in [1.29, 1.82) is 0 Å². The summed E-state index contributed by atoms with van der Waals surface area (Å²) in [4.78, 5) is 0. The number of hydrogen-bond donors (Lipinski definition) is 2. The van der Waals surface area contributed by atoms with Gasteiger partial charge in [-0.1, -0.05) is 0 Å². The summed E-state index contributed by atoms with van der Waals surface area (Å²) in [5.41, 5.74) is 7.20. The highest BCUT2D eigenvalue weighted by Crippen LogP contribution is 2.44. The summed E-state index contributed by atoms with van der Waals surface area (Å²) in [6, 6.07) is 6.01. The summed E-state index contributed by atoms with van der Waals surface area (Å²) in [7, 11) is 1.67. The van der Waals surface area contributed by atoms with Gasteiger partial charge in [0.15, 0.2) is 0 Å². The van der Waals surface area contributed by atoms with Crippen LogP contribution in [0.15, 0.2) is 22.7 Å². The smallest absolute Gasteiger partial charge is 0.133 e. The van der Waals surface area contributed by atoms with Crippen molar-refractivity contribution in [1.82, 2.24) is 0 Å². The average Bonchev–Trinajstić information content (AvgIpc) is 3.07. The summed E-state index contributed by atoms with van der Waals surface area (Å²) in [5, 5.41) is 3.42. The van der Waals surface area contributed by atoms with Crippen LogP contribution in [0.25, 0.3) is 0 Å². The molecule has 0 atom stereocenters. The second-order valence-electron chi connectivity index (χ2n) is 4.41. The standard InChI is InChI=1S/C12H17BrN2O/c1-16-11-3-2-9(6-10(11)13)15-8-12(7-14)4-5-12/h2-3,6,15H,4-5,7-8,14H2,1H3. The Balaban J connectivity index is 1.97. The molecular formula is C12H17BrN2O. The Morgan fingerprint density at radius 2 is 2.25 bits per heavy atom. The number of rotatable bonds is 5. The molecule has 3 nitrogen and oxygen atoms in total. The lowest BCUT2D eigenvalue weighted by Crippen LogP contribution is -2.24. The van der Waals surface area contributed by atoms with Crippen LogP contribution in [-0.2, 0) is 0 Å². The first-order chi connectivity index (χ1) is 7.69. The molecule has 0 bridgehead atoms. The maximum absolute atomic E-state index is 5.74. The third-order valence-corrected chi connectivity index (χ3v) is 3.83. The fourth-order valence-electron chi connectivity index (χ4n) is 1.70. The van der Waals surface area contributed by atoms with Crippen LogP contribution in [0.2, 0.25) is 0 Å². The van der Waals surface area contributed by atoms with Crippen LogP contribution < -0.4 is 15.8 Å². The van der Waals surface area contributed by atoms with Crippen LogP contribution in [-0.4, -0.2) is 20.2 Å². The van der Waals surface area contributed by atoms with Crippen LogP contribution in [0.5, 0.6) is 5.75 Å². The van der Waals surface area contributed by atoms with E-state index in [1.807, 2.05) is 18.2 Å². The van der Waals surface area contributed by atoms with Gasteiger partial charge >= 0.3 is 0 Å². The Labute approximate surface area is 104 Å². The Morgan fingerprint density at radius 3 is 2.75 bits per heavy atom. The molecule has 16 heavy (non-hydrogen) atoms. The highest BCUT2D eigenvalue weighted by atomic mass is 79.9. The van der Waals surface area contributed by atoms with E-state index in [0.29, 0.717) is 5.41 Å². The van der Waals surface area contributed by atoms with Crippen molar-refractivity contribution >= 4 is 21.6 Å². The molecule has 0 heterocycles. The van der Waals surface area contributed by atoms with Gasteiger partial charge in [-0.3, -0.25) is 0 Å². The van der Waals surface area contributed by atoms with Crippen molar-refractivity contribution in [2.24, 2.45) is 11.1 Å². The minimum atomic E-state index is 0.354. The number of nitrogens with two attached hydrogens (primary N) is 1. The predicted molar refractivity (Wildman–Crippen MR) is 69.9 cm³/mol. The van der Waals surface area contributed by atoms with Gasteiger partial charge in [-0.2, -0.15) is 0 Å². The number of nitrogens with one attached hydrogen (secondary N) is 1. The lowest BCUT2D eigenvalue weighted by molar-refractivity contribution is 0.412. The maximum Gasteiger partial charge on any atom is 0.133 e. The third-order valence-electron chi connectivity index (χ3n) is 3.21. The van der Waals surface area contributed by atoms with Crippen molar-refractivity contribution in [3.8, 4) is 5.75 Å². The molecule has 3 N–H and O–H groups in total. The second-order valence-corrected chi connectivity index (χ2v) is 5.26. The number of hydrogen-bond acceptors (Lipinski definition) is 3. The number of anilines is 1. The fraction of sp³-hybridized carbons (Fsp3) is 0.500. The van der Waals surface area contributed by atoms with Gasteiger partial charge < -0.3 is 15.8 Å². The highest BCUT2D eigenvalue weighted by molar-refractivity contribution is 9.10. The van der Waals surface area contributed by atoms with Crippen molar-refractivity contribution in [3.05, 3.63) is 22.7 Å². The molecule has 88 valence electrons. The summed E-state index contributed by atoms with van der Waals surface area (Å²) in [6.07, 6.45) is 2.49. The lowest BCUT2D eigenvalue weighted by Gasteiger charge is -2.15. The summed E-state index contributed by atoms with van der Waals surface area (Å²) in [5.74, 6) is 0.852. The lowest BCUT2D eigenvalue weighted by atomic mass is 10.1. The quantitative estimate of drug-likeness (QED) is 0.874. The van der Waals surface area contributed by atoms with E-state index in [2.05, 4.69) is 21.2 Å². The molecule has 1 aliphatic rings. The summed E-state index contributed by atoms with van der Waals surface area (Å²) >= 11 is 3.47. The molecule has 4 heteroatoms. The first-order valence-corrected chi connectivity index (χ1v) is 6.26. The third kappa shape index (κ3) is 2.50. The molecule has 1 fully saturated rings. The van der Waals surface area contributed by atoms with Crippen LogP contribution in [0.4, 0.5) is 5.69 Å². The van der Waals surface area contributed by atoms with Gasteiger partial charge in [-0.25, -0.2) is 0 Å². The topological polar surface area (TPSA) is 47.3 Å². The molecule has 0 spiro atoms. The first-order valence-electron chi connectivity index (χ1n) is 5.47. The average molecular weight is 285 g/mol. The van der Waals surface area contributed by atoms with Crippen LogP contribution >= 0.6 is 15.9 Å². The monoisotopic (exact) mass is 284 g/mol. The van der Waals surface area contributed by atoms with E-state index in [1.165, 1.54) is 12.8 Å². The normalized spacial score (nSPS) is 16.9. The Bertz CT molecular complexity index is 377. The highest BCUT2D eigenvalue weighted by Gasteiger charge is 2.40. The second kappa shape index (κ2) is 4.63. The van der Waals surface area contributed by atoms with Gasteiger partial charge in [-0.15, -0.1) is 0 Å². The van der Waals surface area contributed by atoms with Gasteiger partial charge in [0.25, 0.3) is 0 Å². The van der Waals surface area contributed by atoms with Crippen molar-refractivity contribution in [3.63, 3.8) is 0 Å². The van der Waals surface area contributed by atoms with Crippen LogP contribution in [0.1, 0.15) is 12.8 Å². The zero-order valence-electron chi connectivity index (χ0n) is 9.42. The molecule has 1 aromatic carbocycles. The van der Waals surface area contributed by atoms with E-state index in [1.54, 1.807) is 7.11 Å². The van der Waals surface area contributed by atoms with Gasteiger partial charge in [0.2, 0.25) is 0 Å². The molecule has 0 aromatic heterocycles. The molecule has 1 aliphatic carbocycles. The predicted octanol–water partition coefficient (Wildman–Crippen LogP) is 2.61. The number of methoxy groups -OCH3 is 1. The van der Waals surface area contributed by atoms with E-state index in [9.17, 15) is 0 Å². The van der Waals surface area contributed by atoms with Crippen molar-refractivity contribution in [2.45, 2.75) is 12.8 Å². The molecular weight excluding hydrogens is 268 g/mol.